The number of nitrogens with one attached hydrogen (secondary N) is 1. The molecule has 184 valence electrons. The number of benzene rings is 2. The van der Waals surface area contributed by atoms with Gasteiger partial charge >= 0.3 is 0 Å². The first-order valence-electron chi connectivity index (χ1n) is 11.6. The average molecular weight is 489 g/mol. The smallest absolute Gasteiger partial charge is 0.273 e. The molecule has 5 rings (SSSR count). The van der Waals surface area contributed by atoms with Gasteiger partial charge in [-0.2, -0.15) is 0 Å². The summed E-state index contributed by atoms with van der Waals surface area (Å²) in [7, 11) is 0. The number of fused-ring (bicyclic) bond motifs is 1. The molecule has 0 aliphatic carbocycles. The van der Waals surface area contributed by atoms with Crippen molar-refractivity contribution in [3.63, 3.8) is 0 Å². The minimum atomic E-state index is -0.312. The van der Waals surface area contributed by atoms with E-state index in [4.69, 9.17) is 13.9 Å². The number of hydrogen-bond donors (Lipinski definition) is 1. The predicted molar refractivity (Wildman–Crippen MR) is 129 cm³/mol. The molecule has 9 heteroatoms. The Morgan fingerprint density at radius 1 is 0.972 bits per heavy atom. The number of amides is 1. The Hall–Kier alpha value is -4.24. The fourth-order valence-corrected chi connectivity index (χ4v) is 3.98. The van der Waals surface area contributed by atoms with Crippen molar-refractivity contribution >= 4 is 5.91 Å². The molecule has 36 heavy (non-hydrogen) atoms. The van der Waals surface area contributed by atoms with Crippen molar-refractivity contribution < 1.29 is 23.1 Å². The highest BCUT2D eigenvalue weighted by molar-refractivity contribution is 5.91. The zero-order valence-corrected chi connectivity index (χ0v) is 19.5. The molecule has 0 saturated heterocycles. The molecule has 0 spiro atoms. The molecule has 0 fully saturated rings. The van der Waals surface area contributed by atoms with Crippen LogP contribution in [0.1, 0.15) is 33.2 Å². The van der Waals surface area contributed by atoms with E-state index in [-0.39, 0.29) is 24.2 Å². The number of pyridine rings is 1. The molecule has 1 aliphatic heterocycles. The van der Waals surface area contributed by atoms with Crippen LogP contribution >= 0.6 is 0 Å². The van der Waals surface area contributed by atoms with E-state index in [1.807, 2.05) is 42.5 Å². The van der Waals surface area contributed by atoms with Gasteiger partial charge in [0.1, 0.15) is 12.1 Å². The summed E-state index contributed by atoms with van der Waals surface area (Å²) in [6.07, 6.45) is 3.70. The summed E-state index contributed by atoms with van der Waals surface area (Å²) in [4.78, 5) is 23.2. The van der Waals surface area contributed by atoms with Gasteiger partial charge in [0.15, 0.2) is 17.2 Å². The van der Waals surface area contributed by atoms with Gasteiger partial charge in [0.2, 0.25) is 12.7 Å². The highest BCUT2D eigenvalue weighted by Crippen LogP contribution is 2.33. The van der Waals surface area contributed by atoms with Crippen LogP contribution in [0.5, 0.6) is 11.5 Å². The van der Waals surface area contributed by atoms with Gasteiger partial charge < -0.3 is 19.2 Å². The van der Waals surface area contributed by atoms with Crippen LogP contribution in [0.15, 0.2) is 77.5 Å². The topological polar surface area (TPSA) is 89.7 Å². The highest BCUT2D eigenvalue weighted by Gasteiger charge is 2.18. The van der Waals surface area contributed by atoms with Crippen molar-refractivity contribution in [2.45, 2.75) is 26.1 Å². The van der Waals surface area contributed by atoms with Gasteiger partial charge in [0.25, 0.3) is 5.91 Å². The summed E-state index contributed by atoms with van der Waals surface area (Å²) in [5.41, 5.74) is 2.92. The first kappa shape index (κ1) is 23.5. The molecule has 3 heterocycles. The summed E-state index contributed by atoms with van der Waals surface area (Å²) in [5, 5.41) is 2.84. The van der Waals surface area contributed by atoms with E-state index in [1.165, 1.54) is 18.4 Å². The SMILES string of the molecule is O=C(NCCc1ccccn1)c1coc(CN(Cc2cccc(F)c2)Cc2ccc3c(c2)OCO3)n1. The van der Waals surface area contributed by atoms with Crippen LogP contribution in [0.25, 0.3) is 0 Å². The van der Waals surface area contributed by atoms with Crippen LogP contribution in [0.3, 0.4) is 0 Å². The second-order valence-corrected chi connectivity index (χ2v) is 8.42. The number of carbonyl (C=O) groups is 1. The van der Waals surface area contributed by atoms with E-state index in [0.29, 0.717) is 50.0 Å². The van der Waals surface area contributed by atoms with Crippen LogP contribution in [0.2, 0.25) is 0 Å². The molecule has 1 N–H and O–H groups in total. The molecule has 1 aliphatic rings. The Labute approximate surface area is 207 Å². The van der Waals surface area contributed by atoms with Crippen LogP contribution < -0.4 is 14.8 Å². The lowest BCUT2D eigenvalue weighted by atomic mass is 10.1. The lowest BCUT2D eigenvalue weighted by molar-refractivity contribution is 0.0949. The Balaban J connectivity index is 1.25. The maximum absolute atomic E-state index is 13.8. The summed E-state index contributed by atoms with van der Waals surface area (Å²) >= 11 is 0. The average Bonchev–Trinajstić information content (AvgIpc) is 3.54. The molecule has 2 aromatic carbocycles. The Morgan fingerprint density at radius 3 is 2.67 bits per heavy atom. The molecule has 0 atom stereocenters. The van der Waals surface area contributed by atoms with Crippen LogP contribution in [0, 0.1) is 5.82 Å². The van der Waals surface area contributed by atoms with Crippen molar-refractivity contribution in [1.82, 2.24) is 20.2 Å². The number of hydrogen-bond acceptors (Lipinski definition) is 7. The Kier molecular flexibility index (Phi) is 7.18. The third kappa shape index (κ3) is 6.05. The van der Waals surface area contributed by atoms with Crippen LogP contribution in [-0.2, 0) is 26.1 Å². The summed E-state index contributed by atoms with van der Waals surface area (Å²) in [6.45, 7) is 1.95. The van der Waals surface area contributed by atoms with E-state index >= 15 is 0 Å². The molecule has 1 amide bonds. The molecule has 0 radical (unpaired) electrons. The lowest BCUT2D eigenvalue weighted by Crippen LogP contribution is -2.26. The molecule has 2 aromatic heterocycles. The molecular weight excluding hydrogens is 463 g/mol. The summed E-state index contributed by atoms with van der Waals surface area (Å²) in [5.74, 6) is 1.19. The maximum atomic E-state index is 13.8. The Morgan fingerprint density at radius 2 is 1.83 bits per heavy atom. The van der Waals surface area contributed by atoms with Gasteiger partial charge in [-0.3, -0.25) is 14.7 Å². The summed E-state index contributed by atoms with van der Waals surface area (Å²) < 4.78 is 30.3. The fraction of sp³-hybridized carbons (Fsp3) is 0.222. The zero-order chi connectivity index (χ0) is 24.7. The number of aromatic nitrogens is 2. The minimum absolute atomic E-state index is 0.203. The van der Waals surface area contributed by atoms with Crippen LogP contribution in [0.4, 0.5) is 4.39 Å². The molecule has 0 saturated carbocycles. The third-order valence-corrected chi connectivity index (χ3v) is 5.67. The van der Waals surface area contributed by atoms with Gasteiger partial charge in [-0.25, -0.2) is 9.37 Å². The molecule has 0 unspecified atom stereocenters. The van der Waals surface area contributed by atoms with E-state index < -0.39 is 0 Å². The maximum Gasteiger partial charge on any atom is 0.273 e. The van der Waals surface area contributed by atoms with E-state index in [1.54, 1.807) is 12.3 Å². The van der Waals surface area contributed by atoms with Gasteiger partial charge in [-0.15, -0.1) is 0 Å². The second-order valence-electron chi connectivity index (χ2n) is 8.42. The summed E-state index contributed by atoms with van der Waals surface area (Å²) in [6, 6.07) is 17.9. The number of nitrogens with zero attached hydrogens (tertiary/aromatic N) is 3. The molecule has 4 aromatic rings. The van der Waals surface area contributed by atoms with E-state index in [2.05, 4.69) is 20.2 Å². The first-order valence-corrected chi connectivity index (χ1v) is 11.6. The molecule has 0 bridgehead atoms. The Bertz CT molecular complexity index is 1330. The monoisotopic (exact) mass is 488 g/mol. The van der Waals surface area contributed by atoms with Gasteiger partial charge in [-0.1, -0.05) is 24.3 Å². The van der Waals surface area contributed by atoms with Crippen LogP contribution in [-0.4, -0.2) is 34.1 Å². The predicted octanol–water partition coefficient (Wildman–Crippen LogP) is 4.11. The van der Waals surface area contributed by atoms with Gasteiger partial charge in [0.05, 0.1) is 6.54 Å². The standard InChI is InChI=1S/C27H25FN4O4/c28-21-5-3-4-19(12-21)14-32(15-20-7-8-24-25(13-20)36-18-35-24)16-26-31-23(17-34-26)27(33)30-11-9-22-6-1-2-10-29-22/h1-8,10,12-13,17H,9,11,14-16,18H2,(H,30,33). The third-order valence-electron chi connectivity index (χ3n) is 5.67. The van der Waals surface area contributed by atoms with E-state index in [9.17, 15) is 9.18 Å². The quantitative estimate of drug-likeness (QED) is 0.359. The number of carbonyl (C=O) groups excluding carboxylic acids is 1. The van der Waals surface area contributed by atoms with Crippen molar-refractivity contribution in [3.05, 3.63) is 107 Å². The first-order chi connectivity index (χ1) is 17.6. The number of ether oxygens (including phenoxy) is 2. The lowest BCUT2D eigenvalue weighted by Gasteiger charge is -2.21. The second kappa shape index (κ2) is 11.0. The molecule has 8 nitrogen and oxygen atoms in total. The number of halogens is 1. The van der Waals surface area contributed by atoms with Crippen molar-refractivity contribution in [1.29, 1.82) is 0 Å². The fourth-order valence-electron chi connectivity index (χ4n) is 3.98. The van der Waals surface area contributed by atoms with Crippen molar-refractivity contribution in [2.75, 3.05) is 13.3 Å². The number of oxazole rings is 1. The number of rotatable bonds is 10. The largest absolute Gasteiger partial charge is 0.454 e. The minimum Gasteiger partial charge on any atom is -0.454 e. The van der Waals surface area contributed by atoms with Gasteiger partial charge in [0, 0.05) is 37.9 Å². The van der Waals surface area contributed by atoms with E-state index in [0.717, 1.165) is 16.8 Å². The van der Waals surface area contributed by atoms with Crippen molar-refractivity contribution in [2.24, 2.45) is 0 Å². The van der Waals surface area contributed by atoms with Crippen molar-refractivity contribution in [3.8, 4) is 11.5 Å². The highest BCUT2D eigenvalue weighted by atomic mass is 19.1. The van der Waals surface area contributed by atoms with Gasteiger partial charge in [-0.05, 0) is 47.5 Å². The molecular formula is C27H25FN4O4. The zero-order valence-electron chi connectivity index (χ0n) is 19.5. The normalized spacial score (nSPS) is 12.2.